The van der Waals surface area contributed by atoms with Gasteiger partial charge in [-0.15, -0.1) is 0 Å². The van der Waals surface area contributed by atoms with Crippen molar-refractivity contribution >= 4 is 11.9 Å². The third kappa shape index (κ3) is 3.47. The molecular weight excluding hydrogens is 288 g/mol. The maximum absolute atomic E-state index is 12.8. The molecule has 22 heavy (non-hydrogen) atoms. The minimum atomic E-state index is -1.01. The number of nitrogens with zero attached hydrogens (tertiary/aromatic N) is 2. The summed E-state index contributed by atoms with van der Waals surface area (Å²) in [6.45, 7) is 6.11. The second kappa shape index (κ2) is 6.91. The Morgan fingerprint density at radius 3 is 2.50 bits per heavy atom. The second-order valence-electron chi connectivity index (χ2n) is 5.66. The number of carbonyl (C=O) groups excluding carboxylic acids is 1. The average Bonchev–Trinajstić information content (AvgIpc) is 2.83. The Kier molecular flexibility index (Phi) is 5.18. The molecular formula is C15H22N2O5. The first-order valence-corrected chi connectivity index (χ1v) is 7.44. The lowest BCUT2D eigenvalue weighted by atomic mass is 9.96. The SMILES string of the molecule is Cc1noc(C)c1[C@@H](C)C(=O)N(CC(=O)O)C1CCOCC1. The molecule has 7 nitrogen and oxygen atoms in total. The Morgan fingerprint density at radius 1 is 1.36 bits per heavy atom. The summed E-state index contributed by atoms with van der Waals surface area (Å²) in [6.07, 6.45) is 1.32. The van der Waals surface area contributed by atoms with Gasteiger partial charge < -0.3 is 19.3 Å². The molecule has 0 spiro atoms. The molecule has 7 heteroatoms. The molecule has 2 rings (SSSR count). The maximum Gasteiger partial charge on any atom is 0.323 e. The highest BCUT2D eigenvalue weighted by Gasteiger charge is 2.33. The van der Waals surface area contributed by atoms with Gasteiger partial charge in [0.15, 0.2) is 0 Å². The smallest absolute Gasteiger partial charge is 0.323 e. The van der Waals surface area contributed by atoms with Crippen molar-refractivity contribution in [3.63, 3.8) is 0 Å². The van der Waals surface area contributed by atoms with E-state index in [-0.39, 0.29) is 18.5 Å². The minimum absolute atomic E-state index is 0.0970. The van der Waals surface area contributed by atoms with Crippen molar-refractivity contribution < 1.29 is 24.0 Å². The van der Waals surface area contributed by atoms with Gasteiger partial charge in [-0.05, 0) is 33.6 Å². The van der Waals surface area contributed by atoms with E-state index in [1.54, 1.807) is 20.8 Å². The van der Waals surface area contributed by atoms with E-state index in [0.29, 0.717) is 37.5 Å². The number of aryl methyl sites for hydroxylation is 2. The van der Waals surface area contributed by atoms with Crippen LogP contribution >= 0.6 is 0 Å². The zero-order valence-corrected chi connectivity index (χ0v) is 13.2. The molecule has 1 atom stereocenters. The molecule has 0 bridgehead atoms. The van der Waals surface area contributed by atoms with E-state index < -0.39 is 11.9 Å². The molecule has 1 aliphatic heterocycles. The standard InChI is InChI=1S/C15H22N2O5/c1-9(14-10(2)16-22-11(14)3)15(20)17(8-13(18)19)12-4-6-21-7-5-12/h9,12H,4-8H2,1-3H3,(H,18,19)/t9-/m1/s1. The predicted octanol–water partition coefficient (Wildman–Crippen LogP) is 1.49. The fourth-order valence-corrected chi connectivity index (χ4v) is 3.01. The Balaban J connectivity index is 2.22. The van der Waals surface area contributed by atoms with Gasteiger partial charge in [0.25, 0.3) is 0 Å². The van der Waals surface area contributed by atoms with Crippen molar-refractivity contribution in [2.24, 2.45) is 0 Å². The summed E-state index contributed by atoms with van der Waals surface area (Å²) in [5.74, 6) is -1.09. The molecule has 1 aliphatic rings. The first kappa shape index (κ1) is 16.5. The zero-order valence-electron chi connectivity index (χ0n) is 13.2. The number of aromatic nitrogens is 1. The predicted molar refractivity (Wildman–Crippen MR) is 77.6 cm³/mol. The highest BCUT2D eigenvalue weighted by Crippen LogP contribution is 2.27. The van der Waals surface area contributed by atoms with Crippen LogP contribution in [0.5, 0.6) is 0 Å². The van der Waals surface area contributed by atoms with E-state index in [1.165, 1.54) is 4.90 Å². The molecule has 0 saturated carbocycles. The summed E-state index contributed by atoms with van der Waals surface area (Å²) in [6, 6.07) is -0.0970. The van der Waals surface area contributed by atoms with Crippen LogP contribution in [0.4, 0.5) is 0 Å². The van der Waals surface area contributed by atoms with E-state index in [4.69, 9.17) is 14.4 Å². The molecule has 1 aromatic rings. The van der Waals surface area contributed by atoms with Gasteiger partial charge in [0.2, 0.25) is 5.91 Å². The van der Waals surface area contributed by atoms with E-state index in [1.807, 2.05) is 0 Å². The number of aliphatic carboxylic acids is 1. The number of rotatable bonds is 5. The molecule has 0 aliphatic carbocycles. The molecule has 1 N–H and O–H groups in total. The van der Waals surface area contributed by atoms with Crippen LogP contribution in [-0.4, -0.2) is 52.8 Å². The number of carboxylic acid groups (broad SMARTS) is 1. The third-order valence-electron chi connectivity index (χ3n) is 4.11. The topological polar surface area (TPSA) is 92.9 Å². The van der Waals surface area contributed by atoms with Crippen molar-refractivity contribution in [1.82, 2.24) is 10.1 Å². The van der Waals surface area contributed by atoms with Crippen LogP contribution < -0.4 is 0 Å². The van der Waals surface area contributed by atoms with E-state index in [2.05, 4.69) is 5.16 Å². The van der Waals surface area contributed by atoms with Crippen LogP contribution in [0.3, 0.4) is 0 Å². The van der Waals surface area contributed by atoms with Crippen LogP contribution in [0.1, 0.15) is 42.7 Å². The summed E-state index contributed by atoms with van der Waals surface area (Å²) in [5.41, 5.74) is 1.41. The number of hydrogen-bond acceptors (Lipinski definition) is 5. The van der Waals surface area contributed by atoms with Gasteiger partial charge in [-0.2, -0.15) is 0 Å². The molecule has 0 aromatic carbocycles. The van der Waals surface area contributed by atoms with Crippen LogP contribution in [0.2, 0.25) is 0 Å². The molecule has 1 saturated heterocycles. The fourth-order valence-electron chi connectivity index (χ4n) is 3.01. The number of carbonyl (C=O) groups is 2. The molecule has 1 fully saturated rings. The first-order chi connectivity index (χ1) is 10.4. The number of ether oxygens (including phenoxy) is 1. The highest BCUT2D eigenvalue weighted by molar-refractivity contribution is 5.87. The largest absolute Gasteiger partial charge is 0.480 e. The summed E-state index contributed by atoms with van der Waals surface area (Å²) < 4.78 is 10.4. The first-order valence-electron chi connectivity index (χ1n) is 7.44. The Labute approximate surface area is 129 Å². The van der Waals surface area contributed by atoms with Gasteiger partial charge in [-0.1, -0.05) is 5.16 Å². The van der Waals surface area contributed by atoms with Crippen LogP contribution in [0, 0.1) is 13.8 Å². The van der Waals surface area contributed by atoms with E-state index >= 15 is 0 Å². The Bertz CT molecular complexity index is 529. The fraction of sp³-hybridized carbons (Fsp3) is 0.667. The summed E-state index contributed by atoms with van der Waals surface area (Å²) >= 11 is 0. The number of amides is 1. The number of carboxylic acids is 1. The van der Waals surface area contributed by atoms with Crippen molar-refractivity contribution in [2.75, 3.05) is 19.8 Å². The van der Waals surface area contributed by atoms with Gasteiger partial charge in [0.1, 0.15) is 12.3 Å². The minimum Gasteiger partial charge on any atom is -0.480 e. The monoisotopic (exact) mass is 310 g/mol. The lowest BCUT2D eigenvalue weighted by molar-refractivity contribution is -0.148. The van der Waals surface area contributed by atoms with Crippen molar-refractivity contribution in [3.05, 3.63) is 17.0 Å². The van der Waals surface area contributed by atoms with E-state index in [9.17, 15) is 9.59 Å². The molecule has 1 amide bonds. The summed E-state index contributed by atoms with van der Waals surface area (Å²) in [7, 11) is 0. The van der Waals surface area contributed by atoms with E-state index in [0.717, 1.165) is 5.56 Å². The third-order valence-corrected chi connectivity index (χ3v) is 4.11. The molecule has 1 aromatic heterocycles. The Hall–Kier alpha value is -1.89. The van der Waals surface area contributed by atoms with Gasteiger partial charge >= 0.3 is 5.97 Å². The lowest BCUT2D eigenvalue weighted by Gasteiger charge is -2.34. The second-order valence-corrected chi connectivity index (χ2v) is 5.66. The van der Waals surface area contributed by atoms with Gasteiger partial charge in [0.05, 0.1) is 11.6 Å². The van der Waals surface area contributed by atoms with Crippen molar-refractivity contribution in [3.8, 4) is 0 Å². The van der Waals surface area contributed by atoms with Gasteiger partial charge in [-0.3, -0.25) is 9.59 Å². The molecule has 122 valence electrons. The quantitative estimate of drug-likeness (QED) is 0.885. The van der Waals surface area contributed by atoms with Gasteiger partial charge in [-0.25, -0.2) is 0 Å². The lowest BCUT2D eigenvalue weighted by Crippen LogP contribution is -2.47. The molecule has 2 heterocycles. The van der Waals surface area contributed by atoms with Crippen molar-refractivity contribution in [2.45, 2.75) is 45.6 Å². The number of hydrogen-bond donors (Lipinski definition) is 1. The normalized spacial score (nSPS) is 17.2. The summed E-state index contributed by atoms with van der Waals surface area (Å²) in [4.78, 5) is 25.4. The Morgan fingerprint density at radius 2 is 2.00 bits per heavy atom. The van der Waals surface area contributed by atoms with Crippen LogP contribution in [-0.2, 0) is 14.3 Å². The maximum atomic E-state index is 12.8. The van der Waals surface area contributed by atoms with Gasteiger partial charge in [0, 0.05) is 24.8 Å². The molecule has 0 unspecified atom stereocenters. The van der Waals surface area contributed by atoms with Crippen molar-refractivity contribution in [1.29, 1.82) is 0 Å². The zero-order chi connectivity index (χ0) is 16.3. The van der Waals surface area contributed by atoms with Crippen LogP contribution in [0.25, 0.3) is 0 Å². The highest BCUT2D eigenvalue weighted by atomic mass is 16.5. The summed E-state index contributed by atoms with van der Waals surface area (Å²) in [5, 5.41) is 13.0. The van der Waals surface area contributed by atoms with Crippen LogP contribution in [0.15, 0.2) is 4.52 Å². The average molecular weight is 310 g/mol. The molecule has 0 radical (unpaired) electrons.